The van der Waals surface area contributed by atoms with Gasteiger partial charge in [0, 0.05) is 13.0 Å². The molecule has 0 aliphatic carbocycles. The van der Waals surface area contributed by atoms with Gasteiger partial charge in [0.25, 0.3) is 0 Å². The van der Waals surface area contributed by atoms with Crippen molar-refractivity contribution in [2.45, 2.75) is 39.7 Å². The summed E-state index contributed by atoms with van der Waals surface area (Å²) in [6.45, 7) is 4.67. The second-order valence-corrected chi connectivity index (χ2v) is 3.70. The molecule has 0 spiro atoms. The molecule has 1 N–H and O–H groups in total. The number of carbonyl (C=O) groups excluding carboxylic acids is 1. The summed E-state index contributed by atoms with van der Waals surface area (Å²) in [6, 6.07) is 8.44. The Morgan fingerprint density at radius 2 is 1.73 bits per heavy atom. The lowest BCUT2D eigenvalue weighted by Crippen LogP contribution is -2.21. The number of carbonyl (C=O) groups is 1. The normalized spacial score (nSPS) is 10.0. The predicted octanol–water partition coefficient (Wildman–Crippen LogP) is 2.67. The molecule has 0 aliphatic heterocycles. The fraction of sp³-hybridized carbons (Fsp3) is 0.462. The number of benzene rings is 1. The maximum Gasteiger partial charge on any atom is 0.219 e. The van der Waals surface area contributed by atoms with Crippen LogP contribution in [-0.2, 0) is 17.8 Å². The predicted molar refractivity (Wildman–Crippen MR) is 62.6 cm³/mol. The summed E-state index contributed by atoms with van der Waals surface area (Å²) in [7, 11) is 0. The quantitative estimate of drug-likeness (QED) is 0.786. The molecule has 1 aromatic rings. The monoisotopic (exact) mass is 205 g/mol. The summed E-state index contributed by atoms with van der Waals surface area (Å²) in [4.78, 5) is 11.0. The van der Waals surface area contributed by atoms with Gasteiger partial charge >= 0.3 is 0 Å². The molecule has 0 bridgehead atoms. The Kier molecular flexibility index (Phi) is 4.88. The van der Waals surface area contributed by atoms with Gasteiger partial charge in [-0.3, -0.25) is 4.79 Å². The number of amides is 1. The van der Waals surface area contributed by atoms with Crippen molar-refractivity contribution in [2.75, 3.05) is 0 Å². The van der Waals surface area contributed by atoms with Crippen molar-refractivity contribution < 1.29 is 4.79 Å². The Morgan fingerprint density at radius 3 is 2.27 bits per heavy atom. The zero-order valence-corrected chi connectivity index (χ0v) is 9.55. The maximum absolute atomic E-state index is 11.0. The van der Waals surface area contributed by atoms with Crippen LogP contribution in [0, 0.1) is 0 Å². The minimum atomic E-state index is 0.104. The molecule has 0 radical (unpaired) electrons. The zero-order valence-electron chi connectivity index (χ0n) is 9.55. The van der Waals surface area contributed by atoms with Crippen LogP contribution in [0.3, 0.4) is 0 Å². The van der Waals surface area contributed by atoms with Gasteiger partial charge in [0.05, 0.1) is 0 Å². The SMILES string of the molecule is CCCc1ccc(CNC(=O)CC)cc1. The van der Waals surface area contributed by atoms with Gasteiger partial charge in [0.15, 0.2) is 0 Å². The lowest BCUT2D eigenvalue weighted by atomic mass is 10.1. The largest absolute Gasteiger partial charge is 0.352 e. The van der Waals surface area contributed by atoms with Crippen molar-refractivity contribution >= 4 is 5.91 Å². The molecule has 1 amide bonds. The van der Waals surface area contributed by atoms with E-state index in [1.807, 2.05) is 6.92 Å². The molecule has 2 heteroatoms. The minimum Gasteiger partial charge on any atom is -0.352 e. The molecule has 0 atom stereocenters. The lowest BCUT2D eigenvalue weighted by molar-refractivity contribution is -0.120. The minimum absolute atomic E-state index is 0.104. The van der Waals surface area contributed by atoms with E-state index < -0.39 is 0 Å². The fourth-order valence-electron chi connectivity index (χ4n) is 1.44. The van der Waals surface area contributed by atoms with Gasteiger partial charge < -0.3 is 5.32 Å². The number of nitrogens with one attached hydrogen (secondary N) is 1. The second-order valence-electron chi connectivity index (χ2n) is 3.70. The third kappa shape index (κ3) is 4.15. The summed E-state index contributed by atoms with van der Waals surface area (Å²) in [5.74, 6) is 0.104. The summed E-state index contributed by atoms with van der Waals surface area (Å²) >= 11 is 0. The number of hydrogen-bond acceptors (Lipinski definition) is 1. The average molecular weight is 205 g/mol. The van der Waals surface area contributed by atoms with Gasteiger partial charge in [-0.1, -0.05) is 44.5 Å². The van der Waals surface area contributed by atoms with E-state index in [-0.39, 0.29) is 5.91 Å². The molecule has 0 saturated heterocycles. The van der Waals surface area contributed by atoms with Gasteiger partial charge in [-0.15, -0.1) is 0 Å². The van der Waals surface area contributed by atoms with Crippen LogP contribution in [0.4, 0.5) is 0 Å². The first kappa shape index (κ1) is 11.8. The van der Waals surface area contributed by atoms with E-state index >= 15 is 0 Å². The van der Waals surface area contributed by atoms with Crippen LogP contribution >= 0.6 is 0 Å². The Hall–Kier alpha value is -1.31. The molecular weight excluding hydrogens is 186 g/mol. The van der Waals surface area contributed by atoms with Crippen LogP contribution in [0.15, 0.2) is 24.3 Å². The molecule has 15 heavy (non-hydrogen) atoms. The van der Waals surface area contributed by atoms with Crippen molar-refractivity contribution in [3.8, 4) is 0 Å². The van der Waals surface area contributed by atoms with E-state index in [0.717, 1.165) is 12.0 Å². The third-order valence-electron chi connectivity index (χ3n) is 2.37. The topological polar surface area (TPSA) is 29.1 Å². The standard InChI is InChI=1S/C13H19NO/c1-3-5-11-6-8-12(9-7-11)10-14-13(15)4-2/h6-9H,3-5,10H2,1-2H3,(H,14,15). The van der Waals surface area contributed by atoms with Crippen LogP contribution in [0.2, 0.25) is 0 Å². The summed E-state index contributed by atoms with van der Waals surface area (Å²) in [6.07, 6.45) is 2.85. The highest BCUT2D eigenvalue weighted by Gasteiger charge is 1.97. The third-order valence-corrected chi connectivity index (χ3v) is 2.37. The summed E-state index contributed by atoms with van der Waals surface area (Å²) in [5, 5.41) is 2.86. The van der Waals surface area contributed by atoms with Crippen molar-refractivity contribution in [2.24, 2.45) is 0 Å². The average Bonchev–Trinajstić information content (AvgIpc) is 2.28. The Labute approximate surface area is 91.7 Å². The zero-order chi connectivity index (χ0) is 11.1. The first-order valence-electron chi connectivity index (χ1n) is 5.60. The van der Waals surface area contributed by atoms with E-state index in [1.54, 1.807) is 0 Å². The lowest BCUT2D eigenvalue weighted by Gasteiger charge is -2.04. The van der Waals surface area contributed by atoms with Crippen LogP contribution in [0.1, 0.15) is 37.8 Å². The molecule has 1 rings (SSSR count). The molecule has 2 nitrogen and oxygen atoms in total. The Balaban J connectivity index is 2.45. The van der Waals surface area contributed by atoms with Crippen LogP contribution in [0.5, 0.6) is 0 Å². The van der Waals surface area contributed by atoms with Gasteiger partial charge in [-0.05, 0) is 17.5 Å². The molecule has 0 fully saturated rings. The molecule has 0 saturated carbocycles. The van der Waals surface area contributed by atoms with Crippen molar-refractivity contribution in [1.29, 1.82) is 0 Å². The molecule has 82 valence electrons. The van der Waals surface area contributed by atoms with Gasteiger partial charge in [0.1, 0.15) is 0 Å². The van der Waals surface area contributed by atoms with Crippen molar-refractivity contribution in [3.63, 3.8) is 0 Å². The van der Waals surface area contributed by atoms with Crippen molar-refractivity contribution in [1.82, 2.24) is 5.32 Å². The highest BCUT2D eigenvalue weighted by atomic mass is 16.1. The number of hydrogen-bond donors (Lipinski definition) is 1. The van der Waals surface area contributed by atoms with Crippen LogP contribution in [0.25, 0.3) is 0 Å². The highest BCUT2D eigenvalue weighted by molar-refractivity contribution is 5.75. The maximum atomic E-state index is 11.0. The molecule has 0 aromatic heterocycles. The summed E-state index contributed by atoms with van der Waals surface area (Å²) in [5.41, 5.74) is 2.53. The summed E-state index contributed by atoms with van der Waals surface area (Å²) < 4.78 is 0. The van der Waals surface area contributed by atoms with E-state index in [0.29, 0.717) is 13.0 Å². The molecule has 1 aromatic carbocycles. The smallest absolute Gasteiger partial charge is 0.219 e. The molecular formula is C13H19NO. The van der Waals surface area contributed by atoms with Gasteiger partial charge in [-0.2, -0.15) is 0 Å². The van der Waals surface area contributed by atoms with E-state index in [2.05, 4.69) is 36.5 Å². The second kappa shape index (κ2) is 6.23. The number of rotatable bonds is 5. The van der Waals surface area contributed by atoms with E-state index in [1.165, 1.54) is 12.0 Å². The fourth-order valence-corrected chi connectivity index (χ4v) is 1.44. The van der Waals surface area contributed by atoms with Crippen molar-refractivity contribution in [3.05, 3.63) is 35.4 Å². The van der Waals surface area contributed by atoms with Crippen LogP contribution < -0.4 is 5.32 Å². The van der Waals surface area contributed by atoms with Gasteiger partial charge in [-0.25, -0.2) is 0 Å². The van der Waals surface area contributed by atoms with E-state index in [9.17, 15) is 4.79 Å². The molecule has 0 aliphatic rings. The van der Waals surface area contributed by atoms with E-state index in [4.69, 9.17) is 0 Å². The molecule has 0 unspecified atom stereocenters. The number of aryl methyl sites for hydroxylation is 1. The first-order chi connectivity index (χ1) is 7.26. The van der Waals surface area contributed by atoms with Gasteiger partial charge in [0.2, 0.25) is 5.91 Å². The Bertz CT molecular complexity index is 303. The Morgan fingerprint density at radius 1 is 1.13 bits per heavy atom. The molecule has 0 heterocycles. The highest BCUT2D eigenvalue weighted by Crippen LogP contribution is 2.06. The van der Waals surface area contributed by atoms with Crippen LogP contribution in [-0.4, -0.2) is 5.91 Å². The first-order valence-corrected chi connectivity index (χ1v) is 5.60.